The summed E-state index contributed by atoms with van der Waals surface area (Å²) in [6.07, 6.45) is 13.0. The van der Waals surface area contributed by atoms with Crippen LogP contribution in [0.25, 0.3) is 0 Å². The molecule has 0 aliphatic heterocycles. The molecular weight excluding hydrogens is 406 g/mol. The smallest absolute Gasteiger partial charge is 0.267 e. The number of hydrogen-bond donors (Lipinski definition) is 2. The predicted octanol–water partition coefficient (Wildman–Crippen LogP) is 6.40. The van der Waals surface area contributed by atoms with Crippen molar-refractivity contribution < 1.29 is 4.79 Å². The van der Waals surface area contributed by atoms with E-state index in [4.69, 9.17) is 10.7 Å². The van der Waals surface area contributed by atoms with Crippen LogP contribution in [-0.4, -0.2) is 23.7 Å². The molecule has 4 nitrogen and oxygen atoms in total. The van der Waals surface area contributed by atoms with Crippen molar-refractivity contribution in [2.24, 2.45) is 45.2 Å². The van der Waals surface area contributed by atoms with E-state index in [0.29, 0.717) is 29.5 Å². The number of carbonyl (C=O) groups is 1. The summed E-state index contributed by atoms with van der Waals surface area (Å²) >= 11 is 0. The van der Waals surface area contributed by atoms with E-state index in [2.05, 4.69) is 46.9 Å². The van der Waals surface area contributed by atoms with Crippen LogP contribution in [0.15, 0.2) is 16.3 Å². The fourth-order valence-electron chi connectivity index (χ4n) is 7.58. The fourth-order valence-corrected chi connectivity index (χ4v) is 7.58. The Balaban J connectivity index is 1.60. The summed E-state index contributed by atoms with van der Waals surface area (Å²) in [6.45, 7) is 14.0. The molecule has 0 heterocycles. The number of rotatable bonds is 3. The number of amides is 1. The number of nitrogens with two attached hydrogens (primary N) is 1. The van der Waals surface area contributed by atoms with Crippen molar-refractivity contribution >= 4 is 11.6 Å². The van der Waals surface area contributed by atoms with Gasteiger partial charge in [0.1, 0.15) is 5.70 Å². The lowest BCUT2D eigenvalue weighted by Gasteiger charge is -2.46. The van der Waals surface area contributed by atoms with Crippen molar-refractivity contribution in [1.29, 1.82) is 0 Å². The zero-order valence-corrected chi connectivity index (χ0v) is 22.2. The molecule has 4 rings (SSSR count). The zero-order chi connectivity index (χ0) is 24.0. The molecule has 33 heavy (non-hydrogen) atoms. The Kier molecular flexibility index (Phi) is 7.05. The van der Waals surface area contributed by atoms with Gasteiger partial charge in [-0.25, -0.2) is 0 Å². The van der Waals surface area contributed by atoms with Crippen molar-refractivity contribution in [1.82, 2.24) is 5.32 Å². The third-order valence-electron chi connectivity index (χ3n) is 10.2. The van der Waals surface area contributed by atoms with Crippen LogP contribution in [0.5, 0.6) is 0 Å². The number of allylic oxidation sites excluding steroid dienone is 1. The molecule has 0 aromatic carbocycles. The molecule has 2 bridgehead atoms. The first-order valence-electron chi connectivity index (χ1n) is 13.9. The molecule has 0 radical (unpaired) electrons. The quantitative estimate of drug-likeness (QED) is 0.484. The number of aliphatic imine (C=N–C) groups is 1. The van der Waals surface area contributed by atoms with Gasteiger partial charge in [0.2, 0.25) is 0 Å². The Morgan fingerprint density at radius 3 is 2.42 bits per heavy atom. The molecule has 6 unspecified atom stereocenters. The number of hydrogen-bond acceptors (Lipinski definition) is 3. The standard InChI is InChI=1S/C29H49N3O/c1-18-19(2)26(29(6)15-14-20(18)17-29)32-27(33)25(30)23-16-21(28(3,4)5)12-13-24(23)31-22-10-8-7-9-11-22/h18-22,26H,7-17,30H2,1-6H3,(H,32,33). The minimum atomic E-state index is -0.0495. The molecule has 186 valence electrons. The summed E-state index contributed by atoms with van der Waals surface area (Å²) in [5.41, 5.74) is 9.76. The normalized spacial score (nSPS) is 40.7. The van der Waals surface area contributed by atoms with E-state index in [1.807, 2.05) is 0 Å². The summed E-state index contributed by atoms with van der Waals surface area (Å²) in [5.74, 6) is 2.44. The van der Waals surface area contributed by atoms with E-state index in [1.165, 1.54) is 51.4 Å². The van der Waals surface area contributed by atoms with Gasteiger partial charge in [-0.15, -0.1) is 0 Å². The molecule has 4 saturated carbocycles. The van der Waals surface area contributed by atoms with Gasteiger partial charge in [0.05, 0.1) is 6.04 Å². The van der Waals surface area contributed by atoms with Crippen molar-refractivity contribution in [2.75, 3.05) is 0 Å². The Bertz CT molecular complexity index is 800. The van der Waals surface area contributed by atoms with E-state index in [9.17, 15) is 4.79 Å². The van der Waals surface area contributed by atoms with Gasteiger partial charge < -0.3 is 11.1 Å². The monoisotopic (exact) mass is 455 g/mol. The van der Waals surface area contributed by atoms with Crippen LogP contribution < -0.4 is 11.1 Å². The average Bonchev–Trinajstić information content (AvgIpc) is 3.15. The van der Waals surface area contributed by atoms with Crippen LogP contribution in [-0.2, 0) is 4.79 Å². The second-order valence-electron chi connectivity index (χ2n) is 13.4. The van der Waals surface area contributed by atoms with E-state index in [0.717, 1.165) is 36.5 Å². The second kappa shape index (κ2) is 9.38. The summed E-state index contributed by atoms with van der Waals surface area (Å²) in [6, 6.07) is 0.623. The van der Waals surface area contributed by atoms with E-state index in [1.54, 1.807) is 0 Å². The summed E-state index contributed by atoms with van der Waals surface area (Å²) < 4.78 is 0. The minimum absolute atomic E-state index is 0.0495. The third-order valence-corrected chi connectivity index (χ3v) is 10.2. The minimum Gasteiger partial charge on any atom is -0.394 e. The van der Waals surface area contributed by atoms with Crippen LogP contribution in [0.4, 0.5) is 0 Å². The Hall–Kier alpha value is -1.32. The molecule has 6 atom stereocenters. The molecule has 0 saturated heterocycles. The van der Waals surface area contributed by atoms with E-state index < -0.39 is 0 Å². The Labute approximate surface area is 202 Å². The molecular formula is C29H49N3O. The van der Waals surface area contributed by atoms with Gasteiger partial charge in [0, 0.05) is 17.3 Å². The van der Waals surface area contributed by atoms with Gasteiger partial charge in [-0.3, -0.25) is 9.79 Å². The van der Waals surface area contributed by atoms with Crippen LogP contribution >= 0.6 is 0 Å². The second-order valence-corrected chi connectivity index (χ2v) is 13.4. The molecule has 4 aliphatic carbocycles. The first-order chi connectivity index (χ1) is 15.5. The highest BCUT2D eigenvalue weighted by atomic mass is 16.2. The van der Waals surface area contributed by atoms with Gasteiger partial charge in [-0.1, -0.05) is 60.8 Å². The largest absolute Gasteiger partial charge is 0.394 e. The first-order valence-corrected chi connectivity index (χ1v) is 13.9. The lowest BCUT2D eigenvalue weighted by molar-refractivity contribution is -0.120. The maximum atomic E-state index is 13.6. The summed E-state index contributed by atoms with van der Waals surface area (Å²) in [4.78, 5) is 18.8. The lowest BCUT2D eigenvalue weighted by Crippen LogP contribution is -2.54. The van der Waals surface area contributed by atoms with Gasteiger partial charge in [0.15, 0.2) is 0 Å². The van der Waals surface area contributed by atoms with Crippen molar-refractivity contribution in [3.05, 3.63) is 11.3 Å². The molecule has 0 aromatic rings. The van der Waals surface area contributed by atoms with Crippen LogP contribution in [0.1, 0.15) is 112 Å². The third kappa shape index (κ3) is 5.05. The van der Waals surface area contributed by atoms with Crippen molar-refractivity contribution in [3.8, 4) is 0 Å². The number of nitrogens with one attached hydrogen (secondary N) is 1. The SMILES string of the molecule is CC1C2CCC(C)(C2)C(NC(=O)C(N)=C2CC(C(C)(C)C)CCC2=NC2CCCCC2)C1C. The summed E-state index contributed by atoms with van der Waals surface area (Å²) in [5, 5.41) is 3.47. The molecule has 1 amide bonds. The predicted molar refractivity (Wildman–Crippen MR) is 138 cm³/mol. The van der Waals surface area contributed by atoms with Crippen molar-refractivity contribution in [2.45, 2.75) is 124 Å². The van der Waals surface area contributed by atoms with Crippen LogP contribution in [0, 0.1) is 34.5 Å². The maximum absolute atomic E-state index is 13.6. The number of nitrogens with zero attached hydrogens (tertiary/aromatic N) is 1. The van der Waals surface area contributed by atoms with Crippen LogP contribution in [0.3, 0.4) is 0 Å². The molecule has 3 N–H and O–H groups in total. The van der Waals surface area contributed by atoms with Crippen molar-refractivity contribution in [3.63, 3.8) is 0 Å². The average molecular weight is 456 g/mol. The van der Waals surface area contributed by atoms with Crippen LogP contribution in [0.2, 0.25) is 0 Å². The first kappa shape index (κ1) is 24.8. The highest BCUT2D eigenvalue weighted by Gasteiger charge is 2.52. The molecule has 4 heteroatoms. The molecule has 0 aromatic heterocycles. The lowest BCUT2D eigenvalue weighted by atomic mass is 9.64. The highest BCUT2D eigenvalue weighted by molar-refractivity contribution is 6.08. The summed E-state index contributed by atoms with van der Waals surface area (Å²) in [7, 11) is 0. The van der Waals surface area contributed by atoms with Gasteiger partial charge in [0.25, 0.3) is 5.91 Å². The fraction of sp³-hybridized carbons (Fsp3) is 0.862. The maximum Gasteiger partial charge on any atom is 0.267 e. The number of fused-ring (bicyclic) bond motifs is 2. The Morgan fingerprint density at radius 1 is 1.06 bits per heavy atom. The topological polar surface area (TPSA) is 67.5 Å². The Morgan fingerprint density at radius 2 is 1.76 bits per heavy atom. The van der Waals surface area contributed by atoms with Gasteiger partial charge in [-0.2, -0.15) is 0 Å². The van der Waals surface area contributed by atoms with Gasteiger partial charge >= 0.3 is 0 Å². The van der Waals surface area contributed by atoms with E-state index in [-0.39, 0.29) is 22.8 Å². The molecule has 4 fully saturated rings. The van der Waals surface area contributed by atoms with E-state index >= 15 is 0 Å². The highest BCUT2D eigenvalue weighted by Crippen LogP contribution is 2.55. The zero-order valence-electron chi connectivity index (χ0n) is 22.2. The van der Waals surface area contributed by atoms with Gasteiger partial charge in [-0.05, 0) is 85.9 Å². The number of carbonyl (C=O) groups excluding carboxylic acids is 1. The molecule has 0 spiro atoms. The molecule has 4 aliphatic rings.